The summed E-state index contributed by atoms with van der Waals surface area (Å²) >= 11 is 0. The molecule has 0 amide bonds. The maximum Gasteiger partial charge on any atom is 0.0594 e. The van der Waals surface area contributed by atoms with E-state index in [0.29, 0.717) is 0 Å². The Balaban J connectivity index is 2.38. The molecule has 1 unspecified atom stereocenters. The van der Waals surface area contributed by atoms with E-state index >= 15 is 0 Å². The van der Waals surface area contributed by atoms with Crippen molar-refractivity contribution in [3.8, 4) is 0 Å². The molecule has 0 aromatic heterocycles. The Morgan fingerprint density at radius 2 is 1.69 bits per heavy atom. The van der Waals surface area contributed by atoms with Crippen LogP contribution in [-0.4, -0.2) is 37.2 Å². The van der Waals surface area contributed by atoms with Crippen LogP contribution < -0.4 is 0 Å². The fourth-order valence-corrected chi connectivity index (χ4v) is 2.25. The Hall–Kier alpha value is -0.0800. The van der Waals surface area contributed by atoms with E-state index in [1.54, 1.807) is 0 Å². The number of ether oxygens (including phenoxy) is 1. The van der Waals surface area contributed by atoms with E-state index in [2.05, 4.69) is 25.7 Å². The molecule has 1 aliphatic heterocycles. The maximum absolute atomic E-state index is 5.36. The zero-order valence-corrected chi connectivity index (χ0v) is 9.25. The molecule has 1 fully saturated rings. The molecule has 1 atom stereocenters. The Kier molecular flexibility index (Phi) is 4.74. The van der Waals surface area contributed by atoms with E-state index in [0.717, 1.165) is 38.3 Å². The molecule has 2 nitrogen and oxygen atoms in total. The molecule has 0 aromatic carbocycles. The van der Waals surface area contributed by atoms with Crippen LogP contribution in [0.4, 0.5) is 0 Å². The van der Waals surface area contributed by atoms with Gasteiger partial charge in [0.25, 0.3) is 0 Å². The zero-order chi connectivity index (χ0) is 9.68. The normalized spacial score (nSPS) is 22.2. The first-order valence-corrected chi connectivity index (χ1v) is 5.61. The summed E-state index contributed by atoms with van der Waals surface area (Å²) in [5.41, 5.74) is 0. The van der Waals surface area contributed by atoms with Crippen molar-refractivity contribution in [1.82, 2.24) is 4.90 Å². The Bertz CT molecular complexity index is 128. The lowest BCUT2D eigenvalue weighted by molar-refractivity contribution is 0.00635. The van der Waals surface area contributed by atoms with Gasteiger partial charge in [-0.1, -0.05) is 26.7 Å². The number of nitrogens with zero attached hydrogens (tertiary/aromatic N) is 1. The van der Waals surface area contributed by atoms with Crippen LogP contribution in [0, 0.1) is 5.92 Å². The Morgan fingerprint density at radius 3 is 2.15 bits per heavy atom. The molecule has 1 rings (SSSR count). The minimum atomic E-state index is 0.735. The standard InChI is InChI=1S/C11H23NO/c1-4-11(5-2)10(3)12-6-8-13-9-7-12/h10-11H,4-9H2,1-3H3. The van der Waals surface area contributed by atoms with Crippen LogP contribution in [0.2, 0.25) is 0 Å². The van der Waals surface area contributed by atoms with Gasteiger partial charge in [-0.05, 0) is 12.8 Å². The third kappa shape index (κ3) is 2.96. The highest BCUT2D eigenvalue weighted by atomic mass is 16.5. The highest BCUT2D eigenvalue weighted by Gasteiger charge is 2.22. The average Bonchev–Trinajstić information content (AvgIpc) is 2.21. The lowest BCUT2D eigenvalue weighted by atomic mass is 9.94. The van der Waals surface area contributed by atoms with Crippen LogP contribution in [0.5, 0.6) is 0 Å². The molecule has 0 saturated carbocycles. The molecule has 1 aliphatic rings. The lowest BCUT2D eigenvalue weighted by Gasteiger charge is -2.36. The van der Waals surface area contributed by atoms with Crippen LogP contribution in [0.15, 0.2) is 0 Å². The summed E-state index contributed by atoms with van der Waals surface area (Å²) in [6.07, 6.45) is 2.60. The van der Waals surface area contributed by atoms with Crippen LogP contribution in [0.3, 0.4) is 0 Å². The summed E-state index contributed by atoms with van der Waals surface area (Å²) in [6.45, 7) is 11.0. The first kappa shape index (κ1) is 11.0. The molecule has 13 heavy (non-hydrogen) atoms. The first-order valence-electron chi connectivity index (χ1n) is 5.61. The van der Waals surface area contributed by atoms with E-state index in [1.165, 1.54) is 12.8 Å². The van der Waals surface area contributed by atoms with Crippen molar-refractivity contribution in [2.45, 2.75) is 39.7 Å². The molecule has 1 saturated heterocycles. The number of morpholine rings is 1. The fourth-order valence-electron chi connectivity index (χ4n) is 2.25. The summed E-state index contributed by atoms with van der Waals surface area (Å²) < 4.78 is 5.36. The van der Waals surface area contributed by atoms with Crippen LogP contribution in [0.25, 0.3) is 0 Å². The number of hydrogen-bond acceptors (Lipinski definition) is 2. The molecule has 0 spiro atoms. The van der Waals surface area contributed by atoms with E-state index < -0.39 is 0 Å². The molecule has 0 aromatic rings. The van der Waals surface area contributed by atoms with E-state index in [-0.39, 0.29) is 0 Å². The molecular formula is C11H23NO. The van der Waals surface area contributed by atoms with E-state index in [9.17, 15) is 0 Å². The minimum absolute atomic E-state index is 0.735. The van der Waals surface area contributed by atoms with Gasteiger partial charge in [0.05, 0.1) is 13.2 Å². The molecular weight excluding hydrogens is 162 g/mol. The van der Waals surface area contributed by atoms with E-state index in [4.69, 9.17) is 4.74 Å². The van der Waals surface area contributed by atoms with Crippen molar-refractivity contribution in [2.75, 3.05) is 26.3 Å². The van der Waals surface area contributed by atoms with Gasteiger partial charge < -0.3 is 4.74 Å². The SMILES string of the molecule is CCC(CC)C(C)N1CCOCC1. The molecule has 0 bridgehead atoms. The third-order valence-electron chi connectivity index (χ3n) is 3.35. The summed E-state index contributed by atoms with van der Waals surface area (Å²) in [7, 11) is 0. The third-order valence-corrected chi connectivity index (χ3v) is 3.35. The molecule has 1 heterocycles. The smallest absolute Gasteiger partial charge is 0.0594 e. The average molecular weight is 185 g/mol. The number of hydrogen-bond donors (Lipinski definition) is 0. The lowest BCUT2D eigenvalue weighted by Crippen LogP contribution is -2.45. The van der Waals surface area contributed by atoms with Gasteiger partial charge in [-0.3, -0.25) is 4.90 Å². The van der Waals surface area contributed by atoms with Gasteiger partial charge >= 0.3 is 0 Å². The Morgan fingerprint density at radius 1 is 1.15 bits per heavy atom. The van der Waals surface area contributed by atoms with Crippen LogP contribution >= 0.6 is 0 Å². The van der Waals surface area contributed by atoms with Gasteiger partial charge in [0.1, 0.15) is 0 Å². The minimum Gasteiger partial charge on any atom is -0.379 e. The van der Waals surface area contributed by atoms with E-state index in [1.807, 2.05) is 0 Å². The van der Waals surface area contributed by atoms with Crippen molar-refractivity contribution in [3.05, 3.63) is 0 Å². The second-order valence-corrected chi connectivity index (χ2v) is 3.97. The van der Waals surface area contributed by atoms with Crippen molar-refractivity contribution >= 4 is 0 Å². The largest absolute Gasteiger partial charge is 0.379 e. The molecule has 2 heteroatoms. The first-order chi connectivity index (χ1) is 6.29. The highest BCUT2D eigenvalue weighted by molar-refractivity contribution is 4.75. The van der Waals surface area contributed by atoms with Gasteiger partial charge in [0.15, 0.2) is 0 Å². The summed E-state index contributed by atoms with van der Waals surface area (Å²) in [6, 6.07) is 0.735. The maximum atomic E-state index is 5.36. The van der Waals surface area contributed by atoms with Crippen LogP contribution in [-0.2, 0) is 4.74 Å². The van der Waals surface area contributed by atoms with Crippen molar-refractivity contribution in [1.29, 1.82) is 0 Å². The monoisotopic (exact) mass is 185 g/mol. The highest BCUT2D eigenvalue weighted by Crippen LogP contribution is 2.18. The second kappa shape index (κ2) is 5.61. The van der Waals surface area contributed by atoms with Crippen molar-refractivity contribution in [3.63, 3.8) is 0 Å². The summed E-state index contributed by atoms with van der Waals surface area (Å²) in [4.78, 5) is 2.57. The van der Waals surface area contributed by atoms with Gasteiger partial charge in [-0.15, -0.1) is 0 Å². The van der Waals surface area contributed by atoms with Gasteiger partial charge in [0.2, 0.25) is 0 Å². The fraction of sp³-hybridized carbons (Fsp3) is 1.00. The quantitative estimate of drug-likeness (QED) is 0.665. The predicted octanol–water partition coefficient (Wildman–Crippen LogP) is 2.14. The second-order valence-electron chi connectivity index (χ2n) is 3.97. The summed E-state index contributed by atoms with van der Waals surface area (Å²) in [5.74, 6) is 0.859. The topological polar surface area (TPSA) is 12.5 Å². The van der Waals surface area contributed by atoms with Gasteiger partial charge in [-0.25, -0.2) is 0 Å². The van der Waals surface area contributed by atoms with Crippen LogP contribution in [0.1, 0.15) is 33.6 Å². The molecule has 78 valence electrons. The van der Waals surface area contributed by atoms with Gasteiger partial charge in [0, 0.05) is 19.1 Å². The van der Waals surface area contributed by atoms with Crippen molar-refractivity contribution in [2.24, 2.45) is 5.92 Å². The molecule has 0 N–H and O–H groups in total. The zero-order valence-electron chi connectivity index (χ0n) is 9.25. The molecule has 0 radical (unpaired) electrons. The van der Waals surface area contributed by atoms with Crippen molar-refractivity contribution < 1.29 is 4.74 Å². The summed E-state index contributed by atoms with van der Waals surface area (Å²) in [5, 5.41) is 0. The number of rotatable bonds is 4. The predicted molar refractivity (Wildman–Crippen MR) is 55.9 cm³/mol. The molecule has 0 aliphatic carbocycles. The Labute approximate surface area is 82.3 Å². The van der Waals surface area contributed by atoms with Gasteiger partial charge in [-0.2, -0.15) is 0 Å².